The monoisotopic (exact) mass is 342 g/mol. The molecule has 0 bridgehead atoms. The standard InChI is InChI=1S/C16H11ClN4O3/c17-12-5-3-11(4-6-12)14-19-16(24-21-14)15(23)20-18-9-10-1-7-13(22)8-2-10/h1-9,22H,(H,20,23)/b18-9+. The Hall–Kier alpha value is -3.19. The summed E-state index contributed by atoms with van der Waals surface area (Å²) < 4.78 is 4.92. The van der Waals surface area contributed by atoms with Crippen LogP contribution in [-0.2, 0) is 0 Å². The van der Waals surface area contributed by atoms with Crippen molar-refractivity contribution in [3.05, 3.63) is 65.0 Å². The van der Waals surface area contributed by atoms with E-state index >= 15 is 0 Å². The number of hydrogen-bond donors (Lipinski definition) is 2. The van der Waals surface area contributed by atoms with Gasteiger partial charge in [-0.3, -0.25) is 4.79 Å². The highest BCUT2D eigenvalue weighted by Crippen LogP contribution is 2.18. The molecule has 7 nitrogen and oxygen atoms in total. The predicted octanol–water partition coefficient (Wildman–Crippen LogP) is 2.86. The molecule has 1 amide bonds. The molecule has 0 aliphatic carbocycles. The minimum absolute atomic E-state index is 0.150. The lowest BCUT2D eigenvalue weighted by Gasteiger charge is -1.95. The highest BCUT2D eigenvalue weighted by molar-refractivity contribution is 6.30. The highest BCUT2D eigenvalue weighted by atomic mass is 35.5. The van der Waals surface area contributed by atoms with Crippen LogP contribution in [0.3, 0.4) is 0 Å². The minimum Gasteiger partial charge on any atom is -0.508 e. The maximum Gasteiger partial charge on any atom is 0.329 e. The summed E-state index contributed by atoms with van der Waals surface area (Å²) in [5.41, 5.74) is 3.67. The molecule has 0 spiro atoms. The quantitative estimate of drug-likeness (QED) is 0.561. The second-order valence-electron chi connectivity index (χ2n) is 4.72. The average molecular weight is 343 g/mol. The molecular formula is C16H11ClN4O3. The molecule has 0 saturated carbocycles. The fraction of sp³-hybridized carbons (Fsp3) is 0. The average Bonchev–Trinajstić information content (AvgIpc) is 3.07. The first kappa shape index (κ1) is 15.7. The smallest absolute Gasteiger partial charge is 0.329 e. The fourth-order valence-corrected chi connectivity index (χ4v) is 1.93. The highest BCUT2D eigenvalue weighted by Gasteiger charge is 2.15. The Kier molecular flexibility index (Phi) is 4.53. The molecule has 1 aromatic heterocycles. The molecule has 0 radical (unpaired) electrons. The summed E-state index contributed by atoms with van der Waals surface area (Å²) in [5, 5.41) is 17.3. The van der Waals surface area contributed by atoms with Gasteiger partial charge in [-0.15, -0.1) is 0 Å². The van der Waals surface area contributed by atoms with Gasteiger partial charge in [0.1, 0.15) is 5.75 Å². The normalized spacial score (nSPS) is 10.9. The van der Waals surface area contributed by atoms with Gasteiger partial charge in [0.2, 0.25) is 5.82 Å². The van der Waals surface area contributed by atoms with Crippen LogP contribution in [0.25, 0.3) is 11.4 Å². The maximum atomic E-state index is 11.9. The van der Waals surface area contributed by atoms with Gasteiger partial charge in [-0.2, -0.15) is 10.1 Å². The molecule has 0 aliphatic heterocycles. The van der Waals surface area contributed by atoms with Gasteiger partial charge in [-0.1, -0.05) is 16.8 Å². The van der Waals surface area contributed by atoms with E-state index in [4.69, 9.17) is 16.1 Å². The molecule has 3 rings (SSSR count). The van der Waals surface area contributed by atoms with E-state index in [9.17, 15) is 9.90 Å². The van der Waals surface area contributed by atoms with Crippen LogP contribution in [-0.4, -0.2) is 27.4 Å². The van der Waals surface area contributed by atoms with Gasteiger partial charge in [-0.05, 0) is 54.1 Å². The number of benzene rings is 2. The van der Waals surface area contributed by atoms with Gasteiger partial charge >= 0.3 is 11.8 Å². The number of carbonyl (C=O) groups is 1. The minimum atomic E-state index is -0.627. The van der Waals surface area contributed by atoms with Crippen LogP contribution >= 0.6 is 11.6 Å². The summed E-state index contributed by atoms with van der Waals surface area (Å²) in [4.78, 5) is 15.9. The summed E-state index contributed by atoms with van der Waals surface area (Å²) >= 11 is 5.81. The number of aromatic hydroxyl groups is 1. The lowest BCUT2D eigenvalue weighted by Crippen LogP contribution is -2.17. The van der Waals surface area contributed by atoms with Crippen molar-refractivity contribution in [2.24, 2.45) is 5.10 Å². The van der Waals surface area contributed by atoms with Crippen LogP contribution in [0.1, 0.15) is 16.2 Å². The van der Waals surface area contributed by atoms with E-state index in [0.29, 0.717) is 16.1 Å². The van der Waals surface area contributed by atoms with Gasteiger partial charge in [0.05, 0.1) is 6.21 Å². The lowest BCUT2D eigenvalue weighted by molar-refractivity contribution is 0.0911. The molecule has 120 valence electrons. The van der Waals surface area contributed by atoms with Crippen LogP contribution in [0.2, 0.25) is 5.02 Å². The van der Waals surface area contributed by atoms with Crippen LogP contribution in [0.4, 0.5) is 0 Å². The van der Waals surface area contributed by atoms with Crippen molar-refractivity contribution < 1.29 is 14.4 Å². The Balaban J connectivity index is 1.65. The number of hydrogen-bond acceptors (Lipinski definition) is 6. The second-order valence-corrected chi connectivity index (χ2v) is 5.16. The topological polar surface area (TPSA) is 101 Å². The number of rotatable bonds is 4. The number of carbonyl (C=O) groups excluding carboxylic acids is 1. The van der Waals surface area contributed by atoms with E-state index in [1.54, 1.807) is 36.4 Å². The molecule has 0 saturated heterocycles. The summed E-state index contributed by atoms with van der Waals surface area (Å²) in [6.07, 6.45) is 1.42. The summed E-state index contributed by atoms with van der Waals surface area (Å²) in [5.74, 6) is -0.406. The van der Waals surface area contributed by atoms with Crippen molar-refractivity contribution in [2.75, 3.05) is 0 Å². The molecule has 2 aromatic carbocycles. The first-order valence-electron chi connectivity index (χ1n) is 6.84. The van der Waals surface area contributed by atoms with Crippen molar-refractivity contribution in [1.29, 1.82) is 0 Å². The molecule has 1 heterocycles. The summed E-state index contributed by atoms with van der Waals surface area (Å²) in [6, 6.07) is 13.1. The zero-order valence-corrected chi connectivity index (χ0v) is 12.9. The Bertz CT molecular complexity index is 873. The van der Waals surface area contributed by atoms with Crippen LogP contribution in [0, 0.1) is 0 Å². The van der Waals surface area contributed by atoms with Gasteiger partial charge in [0, 0.05) is 10.6 Å². The molecule has 0 aliphatic rings. The summed E-state index contributed by atoms with van der Waals surface area (Å²) in [6.45, 7) is 0. The first-order valence-corrected chi connectivity index (χ1v) is 7.22. The molecular weight excluding hydrogens is 332 g/mol. The van der Waals surface area contributed by atoms with E-state index in [-0.39, 0.29) is 17.5 Å². The van der Waals surface area contributed by atoms with Crippen LogP contribution < -0.4 is 5.43 Å². The van der Waals surface area contributed by atoms with Gasteiger partial charge in [0.25, 0.3) is 0 Å². The van der Waals surface area contributed by atoms with Gasteiger partial charge in [-0.25, -0.2) is 5.43 Å². The Morgan fingerprint density at radius 3 is 2.58 bits per heavy atom. The second kappa shape index (κ2) is 6.93. The van der Waals surface area contributed by atoms with Crippen LogP contribution in [0.5, 0.6) is 5.75 Å². The van der Waals surface area contributed by atoms with Crippen molar-refractivity contribution in [2.45, 2.75) is 0 Å². The zero-order valence-electron chi connectivity index (χ0n) is 12.2. The number of phenolic OH excluding ortho intramolecular Hbond substituents is 1. The molecule has 0 atom stereocenters. The van der Waals surface area contributed by atoms with E-state index < -0.39 is 5.91 Å². The zero-order chi connectivity index (χ0) is 16.9. The predicted molar refractivity (Wildman–Crippen MR) is 87.9 cm³/mol. The third-order valence-electron chi connectivity index (χ3n) is 3.00. The number of nitrogens with zero attached hydrogens (tertiary/aromatic N) is 3. The number of hydrazone groups is 1. The third-order valence-corrected chi connectivity index (χ3v) is 3.25. The third kappa shape index (κ3) is 3.76. The molecule has 3 aromatic rings. The Morgan fingerprint density at radius 2 is 1.88 bits per heavy atom. The van der Waals surface area contributed by atoms with Crippen LogP contribution in [0.15, 0.2) is 58.2 Å². The first-order chi connectivity index (χ1) is 11.6. The maximum absolute atomic E-state index is 11.9. The molecule has 0 fully saturated rings. The molecule has 2 N–H and O–H groups in total. The largest absolute Gasteiger partial charge is 0.508 e. The fourth-order valence-electron chi connectivity index (χ4n) is 1.81. The van der Waals surface area contributed by atoms with Crippen molar-refractivity contribution in [3.63, 3.8) is 0 Å². The van der Waals surface area contributed by atoms with E-state index in [2.05, 4.69) is 20.7 Å². The van der Waals surface area contributed by atoms with E-state index in [0.717, 1.165) is 0 Å². The molecule has 24 heavy (non-hydrogen) atoms. The van der Waals surface area contributed by atoms with Crippen molar-refractivity contribution in [1.82, 2.24) is 15.6 Å². The number of amides is 1. The number of halogens is 1. The summed E-state index contributed by atoms with van der Waals surface area (Å²) in [7, 11) is 0. The Labute approximate surface area is 141 Å². The van der Waals surface area contributed by atoms with Crippen molar-refractivity contribution in [3.8, 4) is 17.1 Å². The lowest BCUT2D eigenvalue weighted by atomic mass is 10.2. The van der Waals surface area contributed by atoms with Crippen molar-refractivity contribution >= 4 is 23.7 Å². The molecule has 8 heteroatoms. The number of phenols is 1. The number of aromatic nitrogens is 2. The molecule has 0 unspecified atom stereocenters. The van der Waals surface area contributed by atoms with Gasteiger partial charge < -0.3 is 9.63 Å². The Morgan fingerprint density at radius 1 is 1.17 bits per heavy atom. The van der Waals surface area contributed by atoms with E-state index in [1.165, 1.54) is 18.3 Å². The van der Waals surface area contributed by atoms with Gasteiger partial charge in [0.15, 0.2) is 0 Å². The van der Waals surface area contributed by atoms with E-state index in [1.807, 2.05) is 0 Å². The SMILES string of the molecule is O=C(N/N=C/c1ccc(O)cc1)c1nc(-c2ccc(Cl)cc2)no1. The number of nitrogens with one attached hydrogen (secondary N) is 1.